The van der Waals surface area contributed by atoms with Gasteiger partial charge in [0.15, 0.2) is 0 Å². The second kappa shape index (κ2) is 8.29. The molecule has 0 spiro atoms. The molecular formula is C18H34O. The molecular weight excluding hydrogens is 232 g/mol. The van der Waals surface area contributed by atoms with E-state index in [1.165, 1.54) is 51.4 Å². The van der Waals surface area contributed by atoms with Crippen LogP contribution < -0.4 is 0 Å². The molecule has 0 bridgehead atoms. The normalized spacial score (nSPS) is 32.5. The van der Waals surface area contributed by atoms with Crippen LogP contribution in [-0.2, 0) is 0 Å². The molecule has 1 N–H and O–H groups in total. The van der Waals surface area contributed by atoms with E-state index in [-0.39, 0.29) is 0 Å². The highest BCUT2D eigenvalue weighted by atomic mass is 16.2. The molecule has 0 aliphatic heterocycles. The zero-order valence-electron chi connectivity index (χ0n) is 12.9. The van der Waals surface area contributed by atoms with E-state index < -0.39 is 0 Å². The summed E-state index contributed by atoms with van der Waals surface area (Å²) in [6, 6.07) is 0. The summed E-state index contributed by atoms with van der Waals surface area (Å²) in [7, 11) is 0. The van der Waals surface area contributed by atoms with Crippen molar-refractivity contribution in [1.29, 1.82) is 0 Å². The minimum atomic E-state index is 0.379. The van der Waals surface area contributed by atoms with Gasteiger partial charge in [-0.25, -0.2) is 0 Å². The maximum atomic E-state index is 8.71. The van der Waals surface area contributed by atoms with Crippen molar-refractivity contribution in [2.75, 3.05) is 6.61 Å². The minimum Gasteiger partial charge on any atom is -0.396 e. The summed E-state index contributed by atoms with van der Waals surface area (Å²) >= 11 is 0. The molecule has 0 amide bonds. The van der Waals surface area contributed by atoms with E-state index in [0.29, 0.717) is 6.61 Å². The van der Waals surface area contributed by atoms with Gasteiger partial charge in [-0.3, -0.25) is 0 Å². The van der Waals surface area contributed by atoms with Crippen LogP contribution in [0.4, 0.5) is 0 Å². The van der Waals surface area contributed by atoms with Crippen molar-refractivity contribution in [3.05, 3.63) is 0 Å². The third kappa shape index (κ3) is 5.85. The Labute approximate surface area is 120 Å². The molecule has 4 atom stereocenters. The van der Waals surface area contributed by atoms with Crippen LogP contribution in [0.15, 0.2) is 0 Å². The van der Waals surface area contributed by atoms with Crippen LogP contribution in [0.1, 0.15) is 84.0 Å². The highest BCUT2D eigenvalue weighted by Gasteiger charge is 2.44. The number of aliphatic hydroxyl groups excluding tert-OH is 1. The molecule has 0 saturated heterocycles. The summed E-state index contributed by atoms with van der Waals surface area (Å²) in [5.41, 5.74) is 0. The van der Waals surface area contributed by atoms with Crippen molar-refractivity contribution in [3.63, 3.8) is 0 Å². The topological polar surface area (TPSA) is 20.2 Å². The first-order valence-electron chi connectivity index (χ1n) is 8.96. The van der Waals surface area contributed by atoms with Crippen LogP contribution in [0.2, 0.25) is 0 Å². The lowest BCUT2D eigenvalue weighted by atomic mass is 10.0. The summed E-state index contributed by atoms with van der Waals surface area (Å²) in [4.78, 5) is 0. The van der Waals surface area contributed by atoms with Crippen LogP contribution in [0, 0.1) is 23.7 Å². The molecule has 2 fully saturated rings. The van der Waals surface area contributed by atoms with E-state index in [1.807, 2.05) is 0 Å². The fraction of sp³-hybridized carbons (Fsp3) is 1.00. The quantitative estimate of drug-likeness (QED) is 0.483. The monoisotopic (exact) mass is 266 g/mol. The van der Waals surface area contributed by atoms with Crippen molar-refractivity contribution in [3.8, 4) is 0 Å². The Morgan fingerprint density at radius 2 is 1.32 bits per heavy atom. The molecule has 0 heterocycles. The highest BCUT2D eigenvalue weighted by Crippen LogP contribution is 2.54. The van der Waals surface area contributed by atoms with Crippen molar-refractivity contribution in [2.24, 2.45) is 23.7 Å². The zero-order chi connectivity index (χ0) is 13.5. The summed E-state index contributed by atoms with van der Waals surface area (Å²) in [5, 5.41) is 8.71. The standard InChI is InChI=1S/C18H34O/c1-2-9-15-12-17(15)14-18-13-16(18)10-7-5-3-4-6-8-11-19/h15-19H,2-14H2,1H3/t15-,16?,17?,18?/m1/s1. The van der Waals surface area contributed by atoms with Crippen LogP contribution in [0.3, 0.4) is 0 Å². The first kappa shape index (κ1) is 15.4. The molecule has 2 saturated carbocycles. The fourth-order valence-electron chi connectivity index (χ4n) is 3.89. The Kier molecular flexibility index (Phi) is 6.70. The van der Waals surface area contributed by atoms with Gasteiger partial charge in [0.05, 0.1) is 0 Å². The average molecular weight is 266 g/mol. The summed E-state index contributed by atoms with van der Waals surface area (Å²) in [5.74, 6) is 4.49. The van der Waals surface area contributed by atoms with E-state index >= 15 is 0 Å². The SMILES string of the molecule is CCC[C@@H]1CC1CC1CC1CCCCCCCCO. The van der Waals surface area contributed by atoms with Gasteiger partial charge in [-0.2, -0.15) is 0 Å². The van der Waals surface area contributed by atoms with Gasteiger partial charge in [0, 0.05) is 6.61 Å². The van der Waals surface area contributed by atoms with E-state index in [1.54, 1.807) is 19.3 Å². The maximum Gasteiger partial charge on any atom is 0.0431 e. The number of unbranched alkanes of at least 4 members (excludes halogenated alkanes) is 5. The van der Waals surface area contributed by atoms with E-state index in [0.717, 1.165) is 30.1 Å². The zero-order valence-corrected chi connectivity index (χ0v) is 12.9. The van der Waals surface area contributed by atoms with Crippen molar-refractivity contribution >= 4 is 0 Å². The Morgan fingerprint density at radius 3 is 1.95 bits per heavy atom. The van der Waals surface area contributed by atoms with E-state index in [2.05, 4.69) is 6.92 Å². The van der Waals surface area contributed by atoms with E-state index in [9.17, 15) is 0 Å². The number of rotatable bonds is 12. The van der Waals surface area contributed by atoms with Crippen LogP contribution in [0.5, 0.6) is 0 Å². The molecule has 1 heteroatoms. The molecule has 0 radical (unpaired) electrons. The van der Waals surface area contributed by atoms with Crippen molar-refractivity contribution in [1.82, 2.24) is 0 Å². The van der Waals surface area contributed by atoms with Gasteiger partial charge in [-0.15, -0.1) is 0 Å². The second-order valence-electron chi connectivity index (χ2n) is 7.17. The predicted octanol–water partition coefficient (Wildman–Crippen LogP) is 5.17. The average Bonchev–Trinajstić information content (AvgIpc) is 3.30. The number of hydrogen-bond acceptors (Lipinski definition) is 1. The molecule has 1 nitrogen and oxygen atoms in total. The van der Waals surface area contributed by atoms with Gasteiger partial charge >= 0.3 is 0 Å². The van der Waals surface area contributed by atoms with E-state index in [4.69, 9.17) is 5.11 Å². The van der Waals surface area contributed by atoms with Gasteiger partial charge in [0.2, 0.25) is 0 Å². The largest absolute Gasteiger partial charge is 0.396 e. The second-order valence-corrected chi connectivity index (χ2v) is 7.17. The molecule has 0 aromatic carbocycles. The fourth-order valence-corrected chi connectivity index (χ4v) is 3.89. The lowest BCUT2D eigenvalue weighted by Gasteiger charge is -2.02. The van der Waals surface area contributed by atoms with Gasteiger partial charge in [-0.05, 0) is 49.4 Å². The van der Waals surface area contributed by atoms with Crippen molar-refractivity contribution < 1.29 is 5.11 Å². The van der Waals surface area contributed by atoms with Gasteiger partial charge in [0.25, 0.3) is 0 Å². The van der Waals surface area contributed by atoms with Crippen molar-refractivity contribution in [2.45, 2.75) is 84.0 Å². The molecule has 0 aromatic heterocycles. The van der Waals surface area contributed by atoms with Gasteiger partial charge in [0.1, 0.15) is 0 Å². The lowest BCUT2D eigenvalue weighted by Crippen LogP contribution is -1.89. The molecule has 2 aliphatic rings. The van der Waals surface area contributed by atoms with Gasteiger partial charge in [-0.1, -0.05) is 58.3 Å². The molecule has 0 aromatic rings. The first-order valence-corrected chi connectivity index (χ1v) is 8.96. The lowest BCUT2D eigenvalue weighted by molar-refractivity contribution is 0.282. The van der Waals surface area contributed by atoms with Crippen LogP contribution in [-0.4, -0.2) is 11.7 Å². The predicted molar refractivity (Wildman–Crippen MR) is 82.1 cm³/mol. The third-order valence-electron chi connectivity index (χ3n) is 5.39. The number of hydrogen-bond donors (Lipinski definition) is 1. The molecule has 19 heavy (non-hydrogen) atoms. The minimum absolute atomic E-state index is 0.379. The van der Waals surface area contributed by atoms with Gasteiger partial charge < -0.3 is 5.11 Å². The Hall–Kier alpha value is -0.0400. The van der Waals surface area contributed by atoms with Crippen LogP contribution in [0.25, 0.3) is 0 Å². The summed E-state index contributed by atoms with van der Waals surface area (Å²) in [6.07, 6.45) is 16.9. The Morgan fingerprint density at radius 1 is 0.737 bits per heavy atom. The molecule has 3 unspecified atom stereocenters. The smallest absolute Gasteiger partial charge is 0.0431 e. The maximum absolute atomic E-state index is 8.71. The van der Waals surface area contributed by atoms with Crippen LogP contribution >= 0.6 is 0 Å². The third-order valence-corrected chi connectivity index (χ3v) is 5.39. The summed E-state index contributed by atoms with van der Waals surface area (Å²) in [6.45, 7) is 2.71. The Bertz CT molecular complexity index is 238. The Balaban J connectivity index is 1.37. The molecule has 2 aliphatic carbocycles. The molecule has 2 rings (SSSR count). The summed E-state index contributed by atoms with van der Waals surface area (Å²) < 4.78 is 0. The number of aliphatic hydroxyl groups is 1. The molecule has 112 valence electrons. The highest BCUT2D eigenvalue weighted by molar-refractivity contribution is 4.94. The first-order chi connectivity index (χ1) is 9.35.